The number of hydroxylamine groups is 1. The number of ether oxygens (including phenoxy) is 2. The van der Waals surface area contributed by atoms with Crippen molar-refractivity contribution >= 4 is 11.8 Å². The summed E-state index contributed by atoms with van der Waals surface area (Å²) in [6.07, 6.45) is 0.748. The van der Waals surface area contributed by atoms with Crippen molar-refractivity contribution in [2.75, 3.05) is 19.8 Å². The maximum Gasteiger partial charge on any atom is 0.274 e. The Labute approximate surface area is 140 Å². The number of hydrogen-bond acceptors (Lipinski definition) is 5. The van der Waals surface area contributed by atoms with Crippen LogP contribution < -0.4 is 10.2 Å². The van der Waals surface area contributed by atoms with Gasteiger partial charge in [-0.05, 0) is 25.5 Å². The van der Waals surface area contributed by atoms with E-state index in [-0.39, 0.29) is 11.9 Å². The van der Waals surface area contributed by atoms with Crippen LogP contribution in [0.3, 0.4) is 0 Å². The molecule has 0 aromatic heterocycles. The summed E-state index contributed by atoms with van der Waals surface area (Å²) >= 11 is 0. The topological polar surface area (TPSA) is 88.1 Å². The summed E-state index contributed by atoms with van der Waals surface area (Å²) in [7, 11) is 0. The third-order valence-corrected chi connectivity index (χ3v) is 4.93. The van der Waals surface area contributed by atoms with Gasteiger partial charge in [-0.3, -0.25) is 14.8 Å². The number of rotatable bonds is 3. The van der Waals surface area contributed by atoms with E-state index in [0.717, 1.165) is 12.0 Å². The second kappa shape index (κ2) is 6.41. The zero-order valence-electron chi connectivity index (χ0n) is 13.9. The van der Waals surface area contributed by atoms with Crippen molar-refractivity contribution in [3.05, 3.63) is 29.3 Å². The molecule has 7 nitrogen and oxygen atoms in total. The molecule has 3 rings (SSSR count). The molecule has 0 spiro atoms. The van der Waals surface area contributed by atoms with Crippen molar-refractivity contribution < 1.29 is 24.3 Å². The van der Waals surface area contributed by atoms with E-state index in [2.05, 4.69) is 0 Å². The first kappa shape index (κ1) is 16.7. The first-order valence-corrected chi connectivity index (χ1v) is 8.09. The SMILES string of the molecule is CCC1(C(=O)N2Cc3ccc(C(=O)NO)cc3OCC2C)COC1. The number of hydrogen-bond donors (Lipinski definition) is 2. The fourth-order valence-electron chi connectivity index (χ4n) is 3.07. The van der Waals surface area contributed by atoms with Crippen LogP contribution in [0.15, 0.2) is 18.2 Å². The van der Waals surface area contributed by atoms with Gasteiger partial charge in [0, 0.05) is 17.7 Å². The Morgan fingerprint density at radius 2 is 2.17 bits per heavy atom. The first-order chi connectivity index (χ1) is 11.5. The Morgan fingerprint density at radius 3 is 2.75 bits per heavy atom. The van der Waals surface area contributed by atoms with Gasteiger partial charge in [0.2, 0.25) is 5.91 Å². The van der Waals surface area contributed by atoms with Crippen molar-refractivity contribution in [1.29, 1.82) is 0 Å². The van der Waals surface area contributed by atoms with Crippen LogP contribution in [0.25, 0.3) is 0 Å². The highest BCUT2D eigenvalue weighted by atomic mass is 16.5. The van der Waals surface area contributed by atoms with E-state index in [1.54, 1.807) is 23.7 Å². The van der Waals surface area contributed by atoms with Gasteiger partial charge in [0.05, 0.1) is 24.7 Å². The second-order valence-corrected chi connectivity index (χ2v) is 6.48. The lowest BCUT2D eigenvalue weighted by molar-refractivity contribution is -0.176. The van der Waals surface area contributed by atoms with Crippen LogP contribution >= 0.6 is 0 Å². The normalized spacial score (nSPS) is 21.8. The highest BCUT2D eigenvalue weighted by Crippen LogP contribution is 2.36. The zero-order chi connectivity index (χ0) is 17.3. The average molecular weight is 334 g/mol. The van der Waals surface area contributed by atoms with Crippen LogP contribution in [0.1, 0.15) is 36.2 Å². The number of amides is 2. The van der Waals surface area contributed by atoms with Crippen molar-refractivity contribution in [2.24, 2.45) is 5.41 Å². The Balaban J connectivity index is 1.87. The monoisotopic (exact) mass is 334 g/mol. The van der Waals surface area contributed by atoms with Crippen LogP contribution in [0.2, 0.25) is 0 Å². The standard InChI is InChI=1S/C17H22N2O5/c1-3-17(9-23-10-17)16(21)19-7-13-5-4-12(15(20)18-22)6-14(13)24-8-11(19)2/h4-6,11,22H,3,7-10H2,1-2H3,(H,18,20). The molecule has 24 heavy (non-hydrogen) atoms. The quantitative estimate of drug-likeness (QED) is 0.643. The van der Waals surface area contributed by atoms with E-state index in [1.165, 1.54) is 0 Å². The van der Waals surface area contributed by atoms with Gasteiger partial charge in [-0.1, -0.05) is 13.0 Å². The summed E-state index contributed by atoms with van der Waals surface area (Å²) in [6, 6.07) is 4.87. The Kier molecular flexibility index (Phi) is 4.47. The average Bonchev–Trinajstić information content (AvgIpc) is 2.72. The van der Waals surface area contributed by atoms with Crippen LogP contribution in [0.4, 0.5) is 0 Å². The van der Waals surface area contributed by atoms with Crippen molar-refractivity contribution in [3.8, 4) is 5.75 Å². The molecule has 0 saturated carbocycles. The Morgan fingerprint density at radius 1 is 1.42 bits per heavy atom. The van der Waals surface area contributed by atoms with E-state index >= 15 is 0 Å². The van der Waals surface area contributed by atoms with E-state index in [4.69, 9.17) is 14.7 Å². The maximum absolute atomic E-state index is 13.0. The predicted molar refractivity (Wildman–Crippen MR) is 84.7 cm³/mol. The van der Waals surface area contributed by atoms with Gasteiger partial charge in [-0.25, -0.2) is 5.48 Å². The molecular formula is C17H22N2O5. The summed E-state index contributed by atoms with van der Waals surface area (Å²) in [5.41, 5.74) is 2.34. The molecular weight excluding hydrogens is 312 g/mol. The molecule has 2 aliphatic rings. The molecule has 1 saturated heterocycles. The number of fused-ring (bicyclic) bond motifs is 1. The van der Waals surface area contributed by atoms with Gasteiger partial charge in [0.25, 0.3) is 5.91 Å². The number of carbonyl (C=O) groups excluding carboxylic acids is 2. The summed E-state index contributed by atoms with van der Waals surface area (Å²) in [5, 5.41) is 8.75. The molecule has 0 aliphatic carbocycles. The lowest BCUT2D eigenvalue weighted by atomic mass is 9.81. The highest BCUT2D eigenvalue weighted by Gasteiger charge is 2.47. The predicted octanol–water partition coefficient (Wildman–Crippen LogP) is 1.34. The molecule has 0 bridgehead atoms. The summed E-state index contributed by atoms with van der Waals surface area (Å²) in [4.78, 5) is 26.4. The van der Waals surface area contributed by atoms with Crippen LogP contribution in [0, 0.1) is 5.41 Å². The van der Waals surface area contributed by atoms with E-state index in [0.29, 0.717) is 37.7 Å². The van der Waals surface area contributed by atoms with Gasteiger partial charge in [-0.15, -0.1) is 0 Å². The third kappa shape index (κ3) is 2.74. The fourth-order valence-corrected chi connectivity index (χ4v) is 3.07. The molecule has 0 radical (unpaired) electrons. The molecule has 2 heterocycles. The van der Waals surface area contributed by atoms with Gasteiger partial charge in [0.15, 0.2) is 0 Å². The largest absolute Gasteiger partial charge is 0.491 e. The molecule has 130 valence electrons. The molecule has 1 aromatic carbocycles. The Hall–Kier alpha value is -2.12. The van der Waals surface area contributed by atoms with E-state index in [9.17, 15) is 9.59 Å². The number of nitrogens with one attached hydrogen (secondary N) is 1. The lowest BCUT2D eigenvalue weighted by Gasteiger charge is -2.43. The Bertz CT molecular complexity index is 651. The number of nitrogens with zero attached hydrogens (tertiary/aromatic N) is 1. The molecule has 2 aliphatic heterocycles. The minimum absolute atomic E-state index is 0.0796. The lowest BCUT2D eigenvalue weighted by Crippen LogP contribution is -2.57. The van der Waals surface area contributed by atoms with Crippen molar-refractivity contribution in [1.82, 2.24) is 10.4 Å². The van der Waals surface area contributed by atoms with Gasteiger partial charge < -0.3 is 14.4 Å². The smallest absolute Gasteiger partial charge is 0.274 e. The number of benzene rings is 1. The van der Waals surface area contributed by atoms with Crippen LogP contribution in [0.5, 0.6) is 5.75 Å². The van der Waals surface area contributed by atoms with Gasteiger partial charge >= 0.3 is 0 Å². The van der Waals surface area contributed by atoms with Gasteiger partial charge in [0.1, 0.15) is 12.4 Å². The molecule has 2 amide bonds. The highest BCUT2D eigenvalue weighted by molar-refractivity contribution is 5.94. The molecule has 1 atom stereocenters. The molecule has 7 heteroatoms. The summed E-state index contributed by atoms with van der Waals surface area (Å²) in [6.45, 7) is 5.67. The van der Waals surface area contributed by atoms with Crippen LogP contribution in [-0.4, -0.2) is 47.8 Å². The maximum atomic E-state index is 13.0. The minimum atomic E-state index is -0.594. The first-order valence-electron chi connectivity index (χ1n) is 8.09. The number of carbonyl (C=O) groups is 2. The minimum Gasteiger partial charge on any atom is -0.491 e. The molecule has 2 N–H and O–H groups in total. The van der Waals surface area contributed by atoms with Crippen molar-refractivity contribution in [3.63, 3.8) is 0 Å². The van der Waals surface area contributed by atoms with E-state index < -0.39 is 11.3 Å². The fraction of sp³-hybridized carbons (Fsp3) is 0.529. The molecule has 1 unspecified atom stereocenters. The molecule has 1 aromatic rings. The third-order valence-electron chi connectivity index (χ3n) is 4.93. The van der Waals surface area contributed by atoms with Crippen molar-refractivity contribution in [2.45, 2.75) is 32.9 Å². The summed E-state index contributed by atoms with van der Waals surface area (Å²) < 4.78 is 11.1. The van der Waals surface area contributed by atoms with E-state index in [1.807, 2.05) is 18.7 Å². The summed E-state index contributed by atoms with van der Waals surface area (Å²) in [5.74, 6) is 0.0641. The van der Waals surface area contributed by atoms with Gasteiger partial charge in [-0.2, -0.15) is 0 Å². The van der Waals surface area contributed by atoms with Crippen LogP contribution in [-0.2, 0) is 16.1 Å². The molecule has 1 fully saturated rings. The second-order valence-electron chi connectivity index (χ2n) is 6.48. The zero-order valence-corrected chi connectivity index (χ0v) is 13.9.